The predicted molar refractivity (Wildman–Crippen MR) is 266 cm³/mol. The molecule has 7 nitrogen and oxygen atoms in total. The first-order valence-electron chi connectivity index (χ1n) is 25.9. The zero-order chi connectivity index (χ0) is 44.8. The van der Waals surface area contributed by atoms with Crippen LogP contribution in [0, 0.1) is 6.92 Å². The van der Waals surface area contributed by atoms with Crippen LogP contribution >= 0.6 is 0 Å². The van der Waals surface area contributed by atoms with E-state index in [9.17, 15) is 4.79 Å². The second kappa shape index (κ2) is 36.5. The van der Waals surface area contributed by atoms with Gasteiger partial charge in [-0.3, -0.25) is 9.98 Å². The Labute approximate surface area is 385 Å². The van der Waals surface area contributed by atoms with Gasteiger partial charge in [0.15, 0.2) is 11.5 Å². The standard InChI is InChI=1S/C56H88N2O5/c1-5-8-11-14-17-20-23-26-29-32-42-60-53-45-49(56(59)63-52-40-38-50(39-41-52)57-47-51-37-35-36-48(4)58-51)46-54(61-43-33-30-27-24-21-18-15-12-9-6-2)55(53)62-44-34-31-28-25-22-19-16-13-10-7-3/h35-41,45-47H,5-34,42-44H2,1-4H3. The number of rotatable bonds is 40. The SMILES string of the molecule is CCCCCCCCCCCCOc1cc(C(=O)Oc2ccc(N=Cc3cccc(C)n3)cc2)cc(OCCCCCCCCCCCC)c1OCCCCCCCCCCCC. The highest BCUT2D eigenvalue weighted by molar-refractivity contribution is 5.92. The molecule has 3 aromatic rings. The Morgan fingerprint density at radius 3 is 1.32 bits per heavy atom. The molecule has 63 heavy (non-hydrogen) atoms. The van der Waals surface area contributed by atoms with Gasteiger partial charge in [0.1, 0.15) is 5.75 Å². The van der Waals surface area contributed by atoms with Gasteiger partial charge in [-0.2, -0.15) is 0 Å². The number of carbonyl (C=O) groups excluding carboxylic acids is 1. The van der Waals surface area contributed by atoms with Gasteiger partial charge in [-0.15, -0.1) is 0 Å². The maximum absolute atomic E-state index is 13.8. The van der Waals surface area contributed by atoms with E-state index in [1.807, 2.05) is 37.3 Å². The average molecular weight is 869 g/mol. The number of benzene rings is 2. The van der Waals surface area contributed by atoms with Gasteiger partial charge < -0.3 is 18.9 Å². The first-order chi connectivity index (χ1) is 31.0. The highest BCUT2D eigenvalue weighted by Crippen LogP contribution is 2.40. The van der Waals surface area contributed by atoms with Crippen molar-refractivity contribution in [1.82, 2.24) is 4.98 Å². The molecule has 7 heteroatoms. The first kappa shape index (κ1) is 53.5. The molecule has 0 spiro atoms. The molecule has 0 radical (unpaired) electrons. The van der Waals surface area contributed by atoms with E-state index in [4.69, 9.17) is 18.9 Å². The Hall–Kier alpha value is -3.87. The molecule has 0 saturated heterocycles. The zero-order valence-electron chi connectivity index (χ0n) is 40.5. The summed E-state index contributed by atoms with van der Waals surface area (Å²) in [7, 11) is 0. The Kier molecular flexibility index (Phi) is 30.9. The molecule has 0 N–H and O–H groups in total. The fourth-order valence-corrected chi connectivity index (χ4v) is 7.90. The maximum atomic E-state index is 13.8. The number of ether oxygens (including phenoxy) is 4. The summed E-state index contributed by atoms with van der Waals surface area (Å²) in [5, 5.41) is 0. The van der Waals surface area contributed by atoms with Crippen molar-refractivity contribution in [2.24, 2.45) is 4.99 Å². The van der Waals surface area contributed by atoms with E-state index in [1.54, 1.807) is 30.5 Å². The van der Waals surface area contributed by atoms with Gasteiger partial charge in [0.2, 0.25) is 5.75 Å². The largest absolute Gasteiger partial charge is 0.490 e. The summed E-state index contributed by atoms with van der Waals surface area (Å²) in [6.07, 6.45) is 39.5. The van der Waals surface area contributed by atoms with Gasteiger partial charge in [-0.25, -0.2) is 4.79 Å². The molecule has 1 aromatic heterocycles. The molecule has 0 bridgehead atoms. The third kappa shape index (κ3) is 25.9. The van der Waals surface area contributed by atoms with Crippen molar-refractivity contribution in [3.8, 4) is 23.0 Å². The molecule has 0 atom stereocenters. The minimum absolute atomic E-state index is 0.380. The predicted octanol–water partition coefficient (Wildman–Crippen LogP) is 17.3. The molecular formula is C56H88N2O5. The lowest BCUT2D eigenvalue weighted by Crippen LogP contribution is -2.12. The smallest absolute Gasteiger partial charge is 0.343 e. The van der Waals surface area contributed by atoms with Crippen molar-refractivity contribution in [2.45, 2.75) is 220 Å². The third-order valence-corrected chi connectivity index (χ3v) is 11.8. The van der Waals surface area contributed by atoms with Crippen LogP contribution in [0.2, 0.25) is 0 Å². The van der Waals surface area contributed by atoms with E-state index in [-0.39, 0.29) is 0 Å². The van der Waals surface area contributed by atoms with Crippen molar-refractivity contribution < 1.29 is 23.7 Å². The highest BCUT2D eigenvalue weighted by atomic mass is 16.5. The van der Waals surface area contributed by atoms with E-state index in [0.717, 1.165) is 55.6 Å². The van der Waals surface area contributed by atoms with E-state index >= 15 is 0 Å². The van der Waals surface area contributed by atoms with Crippen LogP contribution in [-0.2, 0) is 0 Å². The maximum Gasteiger partial charge on any atom is 0.343 e. The second-order valence-electron chi connectivity index (χ2n) is 17.7. The number of nitrogens with zero attached hydrogens (tertiary/aromatic N) is 2. The van der Waals surface area contributed by atoms with Crippen LogP contribution in [0.3, 0.4) is 0 Å². The van der Waals surface area contributed by atoms with Crippen LogP contribution in [0.25, 0.3) is 0 Å². The van der Waals surface area contributed by atoms with Crippen LogP contribution in [0.15, 0.2) is 59.6 Å². The quantitative estimate of drug-likeness (QED) is 0.0245. The molecule has 0 unspecified atom stereocenters. The Balaban J connectivity index is 1.68. The number of carbonyl (C=O) groups is 1. The van der Waals surface area contributed by atoms with Gasteiger partial charge in [-0.05, 0) is 74.7 Å². The zero-order valence-corrected chi connectivity index (χ0v) is 40.5. The molecule has 3 rings (SSSR count). The number of esters is 1. The van der Waals surface area contributed by atoms with Crippen LogP contribution < -0.4 is 18.9 Å². The van der Waals surface area contributed by atoms with Crippen molar-refractivity contribution in [1.29, 1.82) is 0 Å². The lowest BCUT2D eigenvalue weighted by atomic mass is 10.1. The molecule has 0 fully saturated rings. The molecule has 0 amide bonds. The molecule has 0 aliphatic carbocycles. The van der Waals surface area contributed by atoms with Gasteiger partial charge in [0.25, 0.3) is 0 Å². The molecule has 352 valence electrons. The number of pyridine rings is 1. The summed E-state index contributed by atoms with van der Waals surface area (Å²) in [5.74, 6) is 1.69. The molecule has 0 saturated carbocycles. The van der Waals surface area contributed by atoms with Crippen molar-refractivity contribution in [3.63, 3.8) is 0 Å². The van der Waals surface area contributed by atoms with E-state index in [1.165, 1.54) is 154 Å². The molecule has 2 aromatic carbocycles. The van der Waals surface area contributed by atoms with Crippen LogP contribution in [0.4, 0.5) is 5.69 Å². The summed E-state index contributed by atoms with van der Waals surface area (Å²) in [4.78, 5) is 22.9. The highest BCUT2D eigenvalue weighted by Gasteiger charge is 2.21. The number of aryl methyl sites for hydroxylation is 1. The normalized spacial score (nSPS) is 11.4. The first-order valence-corrected chi connectivity index (χ1v) is 25.9. The summed E-state index contributed by atoms with van der Waals surface area (Å²) >= 11 is 0. The monoisotopic (exact) mass is 869 g/mol. The molecule has 0 aliphatic heterocycles. The molecule has 0 aliphatic rings. The summed E-state index contributed by atoms with van der Waals surface area (Å²) < 4.78 is 25.5. The van der Waals surface area contributed by atoms with Gasteiger partial charge in [0.05, 0.1) is 43.0 Å². The third-order valence-electron chi connectivity index (χ3n) is 11.8. The minimum Gasteiger partial charge on any atom is -0.490 e. The number of aromatic nitrogens is 1. The number of hydrogen-bond acceptors (Lipinski definition) is 7. The Morgan fingerprint density at radius 2 is 0.905 bits per heavy atom. The van der Waals surface area contributed by atoms with E-state index in [2.05, 4.69) is 30.7 Å². The van der Waals surface area contributed by atoms with Crippen molar-refractivity contribution in [3.05, 3.63) is 71.5 Å². The molecule has 1 heterocycles. The summed E-state index contributed by atoms with van der Waals surface area (Å²) in [6, 6.07) is 16.6. The Morgan fingerprint density at radius 1 is 0.508 bits per heavy atom. The van der Waals surface area contributed by atoms with E-state index in [0.29, 0.717) is 48.4 Å². The van der Waals surface area contributed by atoms with Crippen LogP contribution in [0.5, 0.6) is 23.0 Å². The number of aliphatic imine (C=N–C) groups is 1. The van der Waals surface area contributed by atoms with Gasteiger partial charge in [-0.1, -0.05) is 200 Å². The van der Waals surface area contributed by atoms with Gasteiger partial charge >= 0.3 is 5.97 Å². The number of hydrogen-bond donors (Lipinski definition) is 0. The number of unbranched alkanes of at least 4 members (excludes halogenated alkanes) is 27. The lowest BCUT2D eigenvalue weighted by molar-refractivity contribution is 0.0733. The van der Waals surface area contributed by atoms with Crippen LogP contribution in [0.1, 0.15) is 235 Å². The van der Waals surface area contributed by atoms with Crippen molar-refractivity contribution >= 4 is 17.9 Å². The summed E-state index contributed by atoms with van der Waals surface area (Å²) in [5.41, 5.74) is 2.85. The Bertz CT molecular complexity index is 1560. The van der Waals surface area contributed by atoms with Crippen molar-refractivity contribution in [2.75, 3.05) is 19.8 Å². The fourth-order valence-electron chi connectivity index (χ4n) is 7.90. The fraction of sp³-hybridized carbons (Fsp3) is 0.661. The van der Waals surface area contributed by atoms with Crippen LogP contribution in [-0.4, -0.2) is 37.0 Å². The average Bonchev–Trinajstić information content (AvgIpc) is 3.29. The second-order valence-corrected chi connectivity index (χ2v) is 17.7. The minimum atomic E-state index is -0.468. The topological polar surface area (TPSA) is 79.2 Å². The molecular weight excluding hydrogens is 781 g/mol. The van der Waals surface area contributed by atoms with E-state index < -0.39 is 5.97 Å². The van der Waals surface area contributed by atoms with Gasteiger partial charge in [0, 0.05) is 5.69 Å². The lowest BCUT2D eigenvalue weighted by Gasteiger charge is -2.19. The summed E-state index contributed by atoms with van der Waals surface area (Å²) in [6.45, 7) is 10.5.